The molecule has 3 unspecified atom stereocenters. The number of phosphoric ester groups is 1. The first-order valence-electron chi connectivity index (χ1n) is 22.0. The first-order chi connectivity index (χ1) is 26.3. The summed E-state index contributed by atoms with van der Waals surface area (Å²) in [6.45, 7) is 3.47. The van der Waals surface area contributed by atoms with Crippen molar-refractivity contribution in [2.24, 2.45) is 0 Å². The van der Waals surface area contributed by atoms with Gasteiger partial charge in [0.1, 0.15) is 12.2 Å². The summed E-state index contributed by atoms with van der Waals surface area (Å²) in [6, 6.07) is 0. The number of rotatable bonds is 42. The highest BCUT2D eigenvalue weighted by atomic mass is 31.2. The zero-order valence-electron chi connectivity index (χ0n) is 34.7. The van der Waals surface area contributed by atoms with Crippen molar-refractivity contribution in [3.63, 3.8) is 0 Å². The molecule has 54 heavy (non-hydrogen) atoms. The Morgan fingerprint density at radius 3 is 1.54 bits per heavy atom. The summed E-state index contributed by atoms with van der Waals surface area (Å²) in [6.07, 6.45) is 43.8. The molecule has 0 aliphatic carbocycles. The van der Waals surface area contributed by atoms with E-state index in [0.29, 0.717) is 6.61 Å². The number of unbranched alkanes of at least 4 members (excludes halogenated alkanes) is 22. The lowest BCUT2D eigenvalue weighted by atomic mass is 10.1. The summed E-state index contributed by atoms with van der Waals surface area (Å²) in [5.74, 6) is -0.389. The van der Waals surface area contributed by atoms with Gasteiger partial charge in [0.15, 0.2) is 0 Å². The van der Waals surface area contributed by atoms with Crippen LogP contribution in [0, 0.1) is 0 Å². The second-order valence-corrected chi connectivity index (χ2v) is 16.2. The fourth-order valence-corrected chi connectivity index (χ4v) is 6.70. The van der Waals surface area contributed by atoms with E-state index in [0.717, 1.165) is 57.8 Å². The van der Waals surface area contributed by atoms with Crippen LogP contribution in [-0.4, -0.2) is 66.3 Å². The van der Waals surface area contributed by atoms with E-state index in [2.05, 4.69) is 50.3 Å². The van der Waals surface area contributed by atoms with Crippen LogP contribution in [0.2, 0.25) is 0 Å². The third kappa shape index (κ3) is 40.3. The first-order valence-corrected chi connectivity index (χ1v) is 23.5. The molecule has 0 amide bonds. The van der Waals surface area contributed by atoms with Crippen LogP contribution in [0.5, 0.6) is 0 Å². The number of hydrogen-bond donors (Lipinski definition) is 3. The van der Waals surface area contributed by atoms with Gasteiger partial charge in [0.2, 0.25) is 0 Å². The Balaban J connectivity index is 4.16. The smallest absolute Gasteiger partial charge is 0.457 e. The molecule has 0 aromatic carbocycles. The maximum absolute atomic E-state index is 12.6. The first kappa shape index (κ1) is 52.7. The quantitative estimate of drug-likeness (QED) is 0.0239. The van der Waals surface area contributed by atoms with Crippen LogP contribution >= 0.6 is 7.82 Å². The van der Waals surface area contributed by atoms with Gasteiger partial charge in [0.25, 0.3) is 0 Å². The van der Waals surface area contributed by atoms with Crippen LogP contribution in [0.15, 0.2) is 36.5 Å². The second kappa shape index (κ2) is 41.3. The van der Waals surface area contributed by atoms with Crippen LogP contribution in [0.3, 0.4) is 0 Å². The Morgan fingerprint density at radius 2 is 1.00 bits per heavy atom. The minimum absolute atomic E-state index is 0.0443. The SMILES string of the molecule is CCCCC/C=C\C/C=C\CCCCCCCCCCCC(=O)OC(COCCCCCCCC/C=C\CCCCCC)COP(=O)(O)OCC(O)CO. The molecule has 0 aliphatic heterocycles. The molecule has 0 heterocycles. The predicted molar refractivity (Wildman–Crippen MR) is 224 cm³/mol. The number of aliphatic hydroxyl groups excluding tert-OH is 2. The molecular weight excluding hydrogens is 703 g/mol. The Kier molecular flexibility index (Phi) is 40.3. The van der Waals surface area contributed by atoms with Crippen molar-refractivity contribution in [1.29, 1.82) is 0 Å². The summed E-state index contributed by atoms with van der Waals surface area (Å²) in [4.78, 5) is 22.6. The van der Waals surface area contributed by atoms with Crippen molar-refractivity contribution in [3.05, 3.63) is 36.5 Å². The van der Waals surface area contributed by atoms with Crippen molar-refractivity contribution in [2.45, 2.75) is 206 Å². The maximum Gasteiger partial charge on any atom is 0.472 e. The second-order valence-electron chi connectivity index (χ2n) is 14.7. The molecule has 0 aliphatic rings. The van der Waals surface area contributed by atoms with E-state index in [-0.39, 0.29) is 25.6 Å². The normalized spacial score (nSPS) is 14.4. The molecule has 0 radical (unpaired) electrons. The van der Waals surface area contributed by atoms with Crippen LogP contribution in [0.1, 0.15) is 194 Å². The van der Waals surface area contributed by atoms with Crippen LogP contribution in [-0.2, 0) is 27.9 Å². The van der Waals surface area contributed by atoms with Gasteiger partial charge in [0.05, 0.1) is 26.4 Å². The van der Waals surface area contributed by atoms with E-state index in [1.165, 1.54) is 116 Å². The molecule has 9 nitrogen and oxygen atoms in total. The van der Waals surface area contributed by atoms with Gasteiger partial charge in [-0.05, 0) is 70.6 Å². The highest BCUT2D eigenvalue weighted by molar-refractivity contribution is 7.47. The Morgan fingerprint density at radius 1 is 0.574 bits per heavy atom. The summed E-state index contributed by atoms with van der Waals surface area (Å²) >= 11 is 0. The highest BCUT2D eigenvalue weighted by Crippen LogP contribution is 2.43. The van der Waals surface area contributed by atoms with Gasteiger partial charge in [-0.25, -0.2) is 4.57 Å². The summed E-state index contributed by atoms with van der Waals surface area (Å²) in [5, 5.41) is 18.3. The van der Waals surface area contributed by atoms with Gasteiger partial charge in [-0.2, -0.15) is 0 Å². The van der Waals surface area contributed by atoms with Crippen molar-refractivity contribution in [3.8, 4) is 0 Å². The topological polar surface area (TPSA) is 132 Å². The molecule has 3 N–H and O–H groups in total. The number of carbonyl (C=O) groups is 1. The molecule has 10 heteroatoms. The summed E-state index contributed by atoms with van der Waals surface area (Å²) < 4.78 is 33.4. The van der Waals surface area contributed by atoms with Gasteiger partial charge in [-0.3, -0.25) is 13.8 Å². The maximum atomic E-state index is 12.6. The van der Waals surface area contributed by atoms with E-state index >= 15 is 0 Å². The Bertz CT molecular complexity index is 939. The van der Waals surface area contributed by atoms with Gasteiger partial charge in [-0.1, -0.05) is 153 Å². The molecule has 0 aromatic rings. The molecule has 0 saturated heterocycles. The zero-order valence-corrected chi connectivity index (χ0v) is 35.6. The number of esters is 1. The molecule has 0 fully saturated rings. The number of allylic oxidation sites excluding steroid dienone is 6. The molecule has 0 bridgehead atoms. The third-order valence-electron chi connectivity index (χ3n) is 9.30. The largest absolute Gasteiger partial charge is 0.472 e. The molecule has 0 rings (SSSR count). The van der Waals surface area contributed by atoms with Crippen molar-refractivity contribution in [1.82, 2.24) is 0 Å². The monoisotopic (exact) mass is 787 g/mol. The fourth-order valence-electron chi connectivity index (χ4n) is 5.91. The van der Waals surface area contributed by atoms with Crippen molar-refractivity contribution < 1.29 is 43.0 Å². The van der Waals surface area contributed by atoms with E-state index in [9.17, 15) is 19.4 Å². The minimum atomic E-state index is -4.52. The summed E-state index contributed by atoms with van der Waals surface area (Å²) in [5.41, 5.74) is 0. The predicted octanol–water partition coefficient (Wildman–Crippen LogP) is 12.0. The number of ether oxygens (including phenoxy) is 2. The minimum Gasteiger partial charge on any atom is -0.457 e. The lowest BCUT2D eigenvalue weighted by molar-refractivity contribution is -0.154. The summed E-state index contributed by atoms with van der Waals surface area (Å²) in [7, 11) is -4.52. The Hall–Kier alpha value is -1.32. The van der Waals surface area contributed by atoms with E-state index < -0.39 is 33.2 Å². The van der Waals surface area contributed by atoms with Gasteiger partial charge in [-0.15, -0.1) is 0 Å². The van der Waals surface area contributed by atoms with E-state index in [1.54, 1.807) is 0 Å². The third-order valence-corrected chi connectivity index (χ3v) is 10.2. The van der Waals surface area contributed by atoms with Crippen molar-refractivity contribution >= 4 is 13.8 Å². The molecule has 318 valence electrons. The highest BCUT2D eigenvalue weighted by Gasteiger charge is 2.26. The van der Waals surface area contributed by atoms with Crippen LogP contribution < -0.4 is 0 Å². The molecule has 3 atom stereocenters. The van der Waals surface area contributed by atoms with Crippen LogP contribution in [0.4, 0.5) is 0 Å². The average molecular weight is 787 g/mol. The van der Waals surface area contributed by atoms with Gasteiger partial charge < -0.3 is 24.6 Å². The number of hydrogen-bond acceptors (Lipinski definition) is 8. The standard InChI is InChI=1S/C44H83O9P/c1-3-5-7-9-11-13-15-17-19-20-21-22-23-24-26-28-30-32-34-36-44(47)53-43(41-52-54(48,49)51-39-42(46)38-45)40-50-37-35-33-31-29-27-25-18-16-14-12-10-8-6-4-2/h11,13-14,16-17,19,42-43,45-46H,3-10,12,15,18,20-41H2,1-2H3,(H,48,49)/b13-11-,16-14-,19-17-. The molecule has 0 spiro atoms. The molecule has 0 saturated carbocycles. The lowest BCUT2D eigenvalue weighted by Crippen LogP contribution is -2.29. The van der Waals surface area contributed by atoms with Gasteiger partial charge in [0, 0.05) is 13.0 Å². The molecular formula is C44H83O9P. The molecule has 0 aromatic heterocycles. The van der Waals surface area contributed by atoms with E-state index in [1.807, 2.05) is 0 Å². The average Bonchev–Trinajstić information content (AvgIpc) is 3.16. The number of phosphoric acid groups is 1. The van der Waals surface area contributed by atoms with Crippen LogP contribution in [0.25, 0.3) is 0 Å². The van der Waals surface area contributed by atoms with Crippen molar-refractivity contribution in [2.75, 3.05) is 33.0 Å². The Labute approximate surface area is 331 Å². The zero-order chi connectivity index (χ0) is 39.6. The number of aliphatic hydroxyl groups is 2. The van der Waals surface area contributed by atoms with Gasteiger partial charge >= 0.3 is 13.8 Å². The lowest BCUT2D eigenvalue weighted by Gasteiger charge is -2.20. The number of carbonyl (C=O) groups excluding carboxylic acids is 1. The van der Waals surface area contributed by atoms with E-state index in [4.69, 9.17) is 23.6 Å². The fraction of sp³-hybridized carbons (Fsp3) is 0.841.